The van der Waals surface area contributed by atoms with Gasteiger partial charge < -0.3 is 9.84 Å². The molecule has 5 nitrogen and oxygen atoms in total. The van der Waals surface area contributed by atoms with Crippen molar-refractivity contribution in [3.8, 4) is 0 Å². The molecule has 1 aliphatic rings. The third-order valence-corrected chi connectivity index (χ3v) is 3.84. The van der Waals surface area contributed by atoms with Crippen molar-refractivity contribution in [2.45, 2.75) is 17.2 Å². The summed E-state index contributed by atoms with van der Waals surface area (Å²) < 4.78 is 6.91. The Kier molecular flexibility index (Phi) is 3.02. The van der Waals surface area contributed by atoms with Crippen molar-refractivity contribution in [1.82, 2.24) is 14.8 Å². The Labute approximate surface area is 119 Å². The van der Waals surface area contributed by atoms with Gasteiger partial charge in [0.05, 0.1) is 13.2 Å². The minimum absolute atomic E-state index is 0.0705. The number of nitrogens with zero attached hydrogens (tertiary/aromatic N) is 3. The second kappa shape index (κ2) is 4.45. The Morgan fingerprint density at radius 3 is 2.89 bits per heavy atom. The van der Waals surface area contributed by atoms with Crippen LogP contribution in [-0.2, 0) is 16.9 Å². The summed E-state index contributed by atoms with van der Waals surface area (Å²) in [5.41, 5.74) is -0.205. The molecule has 3 rings (SSSR count). The van der Waals surface area contributed by atoms with Crippen molar-refractivity contribution in [2.75, 3.05) is 6.61 Å². The standard InChI is InChI=1S/C12H11Cl2N3O2/c13-10-3-1-2-9(4-10)11(6-19-11)12(14,18)5-17-8-15-7-16-17/h1-4,7-8,18H,5-6H2. The average molecular weight is 300 g/mol. The third kappa shape index (κ3) is 2.23. The van der Waals surface area contributed by atoms with Crippen LogP contribution in [-0.4, -0.2) is 31.5 Å². The smallest absolute Gasteiger partial charge is 0.193 e. The molecule has 2 unspecified atom stereocenters. The maximum absolute atomic E-state index is 10.5. The van der Waals surface area contributed by atoms with E-state index in [9.17, 15) is 5.11 Å². The molecule has 7 heteroatoms. The maximum Gasteiger partial charge on any atom is 0.193 e. The van der Waals surface area contributed by atoms with Crippen molar-refractivity contribution < 1.29 is 9.84 Å². The Morgan fingerprint density at radius 2 is 2.32 bits per heavy atom. The molecule has 0 radical (unpaired) electrons. The summed E-state index contributed by atoms with van der Waals surface area (Å²) in [4.78, 5) is 3.82. The monoisotopic (exact) mass is 299 g/mol. The minimum atomic E-state index is -1.62. The number of hydrogen-bond acceptors (Lipinski definition) is 4. The molecule has 1 fully saturated rings. The first-order valence-electron chi connectivity index (χ1n) is 5.67. The highest BCUT2D eigenvalue weighted by Crippen LogP contribution is 2.51. The Balaban J connectivity index is 1.91. The number of benzene rings is 1. The molecule has 0 spiro atoms. The van der Waals surface area contributed by atoms with Crippen LogP contribution in [0.5, 0.6) is 0 Å². The quantitative estimate of drug-likeness (QED) is 0.690. The molecule has 2 heterocycles. The second-order valence-electron chi connectivity index (χ2n) is 4.48. The van der Waals surface area contributed by atoms with Crippen LogP contribution in [0.2, 0.25) is 5.02 Å². The highest BCUT2D eigenvalue weighted by molar-refractivity contribution is 6.30. The van der Waals surface area contributed by atoms with E-state index in [-0.39, 0.29) is 6.54 Å². The van der Waals surface area contributed by atoms with Gasteiger partial charge in [-0.05, 0) is 17.7 Å². The van der Waals surface area contributed by atoms with Gasteiger partial charge in [0, 0.05) is 5.02 Å². The van der Waals surface area contributed by atoms with Crippen molar-refractivity contribution in [1.29, 1.82) is 0 Å². The van der Waals surface area contributed by atoms with E-state index in [0.29, 0.717) is 11.6 Å². The van der Waals surface area contributed by atoms with Gasteiger partial charge in [-0.15, -0.1) is 0 Å². The lowest BCUT2D eigenvalue weighted by Crippen LogP contribution is -2.42. The molecular weight excluding hydrogens is 289 g/mol. The summed E-state index contributed by atoms with van der Waals surface area (Å²) in [7, 11) is 0. The van der Waals surface area contributed by atoms with Crippen LogP contribution in [0.25, 0.3) is 0 Å². The fourth-order valence-corrected chi connectivity index (χ4v) is 2.61. The van der Waals surface area contributed by atoms with Crippen molar-refractivity contribution >= 4 is 23.2 Å². The SMILES string of the molecule is OC(Cl)(Cn1cncn1)C1(c2cccc(Cl)c2)CO1. The number of ether oxygens (including phenoxy) is 1. The summed E-state index contributed by atoms with van der Waals surface area (Å²) in [5.74, 6) is 0. The lowest BCUT2D eigenvalue weighted by molar-refractivity contribution is 0.0163. The van der Waals surface area contributed by atoms with Gasteiger partial charge in [-0.1, -0.05) is 35.3 Å². The van der Waals surface area contributed by atoms with Crippen LogP contribution < -0.4 is 0 Å². The average Bonchev–Trinajstić information content (AvgIpc) is 3.04. The number of aromatic nitrogens is 3. The van der Waals surface area contributed by atoms with Crippen LogP contribution in [0, 0.1) is 0 Å². The molecule has 1 aliphatic heterocycles. The predicted octanol–water partition coefficient (Wildman–Crippen LogP) is 1.78. The molecule has 2 aromatic rings. The van der Waals surface area contributed by atoms with Crippen LogP contribution in [0.1, 0.15) is 5.56 Å². The fraction of sp³-hybridized carbons (Fsp3) is 0.333. The highest BCUT2D eigenvalue weighted by Gasteiger charge is 2.62. The van der Waals surface area contributed by atoms with Gasteiger partial charge >= 0.3 is 0 Å². The molecule has 0 aliphatic carbocycles. The number of aliphatic hydroxyl groups is 1. The third-order valence-electron chi connectivity index (χ3n) is 3.18. The zero-order valence-corrected chi connectivity index (χ0v) is 11.3. The summed E-state index contributed by atoms with van der Waals surface area (Å²) in [6.07, 6.45) is 2.87. The van der Waals surface area contributed by atoms with Gasteiger partial charge in [-0.25, -0.2) is 9.67 Å². The van der Waals surface area contributed by atoms with E-state index in [0.717, 1.165) is 5.56 Å². The van der Waals surface area contributed by atoms with E-state index in [2.05, 4.69) is 10.1 Å². The van der Waals surface area contributed by atoms with E-state index >= 15 is 0 Å². The summed E-state index contributed by atoms with van der Waals surface area (Å²) in [6.45, 7) is 0.406. The molecule has 0 saturated carbocycles. The second-order valence-corrected chi connectivity index (χ2v) is 5.54. The maximum atomic E-state index is 10.5. The normalized spacial score (nSPS) is 25.0. The Bertz CT molecular complexity index is 582. The van der Waals surface area contributed by atoms with Gasteiger partial charge in [0.1, 0.15) is 12.7 Å². The van der Waals surface area contributed by atoms with Crippen molar-refractivity contribution in [3.05, 3.63) is 47.5 Å². The summed E-state index contributed by atoms with van der Waals surface area (Å²) in [5, 5.41) is 13.4. The number of rotatable bonds is 4. The molecule has 19 heavy (non-hydrogen) atoms. The first-order chi connectivity index (χ1) is 9.03. The molecule has 2 atom stereocenters. The highest BCUT2D eigenvalue weighted by atomic mass is 35.5. The number of epoxide rings is 1. The molecule has 0 amide bonds. The first-order valence-corrected chi connectivity index (χ1v) is 6.43. The van der Waals surface area contributed by atoms with E-state index < -0.39 is 10.7 Å². The number of hydrogen-bond donors (Lipinski definition) is 1. The zero-order chi connectivity index (χ0) is 13.5. The lowest BCUT2D eigenvalue weighted by atomic mass is 9.93. The minimum Gasteiger partial charge on any atom is -0.370 e. The Morgan fingerprint density at radius 1 is 1.53 bits per heavy atom. The van der Waals surface area contributed by atoms with Gasteiger partial charge in [0.2, 0.25) is 0 Å². The molecular formula is C12H11Cl2N3O2. The largest absolute Gasteiger partial charge is 0.370 e. The molecule has 1 aromatic carbocycles. The van der Waals surface area contributed by atoms with Crippen molar-refractivity contribution in [2.24, 2.45) is 0 Å². The van der Waals surface area contributed by atoms with Crippen LogP contribution in [0.3, 0.4) is 0 Å². The fourth-order valence-electron chi connectivity index (χ4n) is 2.08. The van der Waals surface area contributed by atoms with Gasteiger partial charge in [0.25, 0.3) is 0 Å². The summed E-state index contributed by atoms with van der Waals surface area (Å²) in [6, 6.07) is 7.12. The van der Waals surface area contributed by atoms with E-state index in [1.807, 2.05) is 6.07 Å². The molecule has 0 bridgehead atoms. The molecule has 100 valence electrons. The van der Waals surface area contributed by atoms with E-state index in [1.165, 1.54) is 17.3 Å². The van der Waals surface area contributed by atoms with Gasteiger partial charge in [-0.3, -0.25) is 0 Å². The lowest BCUT2D eigenvalue weighted by Gasteiger charge is -2.28. The first kappa shape index (κ1) is 12.9. The number of halogens is 2. The van der Waals surface area contributed by atoms with E-state index in [4.69, 9.17) is 27.9 Å². The predicted molar refractivity (Wildman–Crippen MR) is 69.9 cm³/mol. The van der Waals surface area contributed by atoms with E-state index in [1.54, 1.807) is 18.2 Å². The number of alkyl halides is 1. The van der Waals surface area contributed by atoms with Gasteiger partial charge in [0.15, 0.2) is 10.7 Å². The van der Waals surface area contributed by atoms with Crippen LogP contribution in [0.4, 0.5) is 0 Å². The molecule has 1 N–H and O–H groups in total. The van der Waals surface area contributed by atoms with Gasteiger partial charge in [-0.2, -0.15) is 5.10 Å². The molecule has 1 aromatic heterocycles. The topological polar surface area (TPSA) is 63.5 Å². The zero-order valence-electron chi connectivity index (χ0n) is 9.83. The summed E-state index contributed by atoms with van der Waals surface area (Å²) >= 11 is 12.2. The van der Waals surface area contributed by atoms with Crippen LogP contribution in [0.15, 0.2) is 36.9 Å². The van der Waals surface area contributed by atoms with Crippen LogP contribution >= 0.6 is 23.2 Å². The van der Waals surface area contributed by atoms with Crippen molar-refractivity contribution in [3.63, 3.8) is 0 Å². The molecule has 1 saturated heterocycles. The Hall–Kier alpha value is -1.14.